The molecule has 0 N–H and O–H groups in total. The molecule has 86 valence electrons. The van der Waals surface area contributed by atoms with Crippen LogP contribution in [0.5, 0.6) is 5.75 Å². The summed E-state index contributed by atoms with van der Waals surface area (Å²) >= 11 is 8.89. The quantitative estimate of drug-likeness (QED) is 0.678. The molecule has 2 rings (SSSR count). The summed E-state index contributed by atoms with van der Waals surface area (Å²) < 4.78 is 19.8. The van der Waals surface area contributed by atoms with E-state index >= 15 is 0 Å². The fraction of sp³-hybridized carbons (Fsp3) is 0.364. The lowest BCUT2D eigenvalue weighted by molar-refractivity contribution is 0.0606. The van der Waals surface area contributed by atoms with E-state index in [2.05, 4.69) is 15.9 Å². The molecule has 0 atom stereocenters. The molecule has 0 spiro atoms. The van der Waals surface area contributed by atoms with Crippen LogP contribution in [0.1, 0.15) is 30.6 Å². The van der Waals surface area contributed by atoms with Gasteiger partial charge in [-0.3, -0.25) is 4.79 Å². The van der Waals surface area contributed by atoms with Crippen LogP contribution < -0.4 is 4.74 Å². The highest BCUT2D eigenvalue weighted by Gasteiger charge is 2.36. The number of hydrogen-bond acceptors (Lipinski definition) is 2. The number of carbonyl (C=O) groups excluding carboxylic acids is 1. The Bertz CT molecular complexity index is 485. The van der Waals surface area contributed by atoms with Gasteiger partial charge in [0.05, 0.1) is 21.5 Å². The van der Waals surface area contributed by atoms with Crippen molar-refractivity contribution in [1.29, 1.82) is 0 Å². The second-order valence-electron chi connectivity index (χ2n) is 4.32. The Morgan fingerprint density at radius 3 is 2.81 bits per heavy atom. The van der Waals surface area contributed by atoms with Crippen LogP contribution in [-0.4, -0.2) is 11.4 Å². The summed E-state index contributed by atoms with van der Waals surface area (Å²) in [4.78, 5) is 11.8. The van der Waals surface area contributed by atoms with E-state index in [4.69, 9.17) is 16.3 Å². The number of hydrogen-bond donors (Lipinski definition) is 0. The van der Waals surface area contributed by atoms with Crippen molar-refractivity contribution in [2.24, 2.45) is 0 Å². The Morgan fingerprint density at radius 1 is 1.56 bits per heavy atom. The minimum Gasteiger partial charge on any atom is -0.485 e. The summed E-state index contributed by atoms with van der Waals surface area (Å²) in [5.41, 5.74) is -0.675. The van der Waals surface area contributed by atoms with E-state index in [0.717, 1.165) is 0 Å². The number of fused-ring (bicyclic) bond motifs is 1. The number of ketones is 1. The molecule has 0 amide bonds. The molecule has 1 heterocycles. The van der Waals surface area contributed by atoms with Crippen LogP contribution in [-0.2, 0) is 0 Å². The largest absolute Gasteiger partial charge is 0.485 e. The number of carbonyl (C=O) groups is 1. The second kappa shape index (κ2) is 3.70. The van der Waals surface area contributed by atoms with Crippen LogP contribution in [0.4, 0.5) is 4.39 Å². The Kier molecular flexibility index (Phi) is 2.75. The molecule has 2 nitrogen and oxygen atoms in total. The van der Waals surface area contributed by atoms with Crippen molar-refractivity contribution in [3.05, 3.63) is 26.9 Å². The van der Waals surface area contributed by atoms with E-state index < -0.39 is 11.4 Å². The van der Waals surface area contributed by atoms with Gasteiger partial charge in [0.15, 0.2) is 11.6 Å². The Labute approximate surface area is 106 Å². The first-order chi connectivity index (χ1) is 7.32. The van der Waals surface area contributed by atoms with Crippen LogP contribution in [0.15, 0.2) is 10.5 Å². The molecule has 0 unspecified atom stereocenters. The summed E-state index contributed by atoms with van der Waals surface area (Å²) in [6.45, 7) is 3.57. The minimum atomic E-state index is -0.708. The second-order valence-corrected chi connectivity index (χ2v) is 5.58. The first-order valence-corrected chi connectivity index (χ1v) is 5.88. The van der Waals surface area contributed by atoms with E-state index in [-0.39, 0.29) is 28.5 Å². The van der Waals surface area contributed by atoms with Gasteiger partial charge in [0.2, 0.25) is 0 Å². The lowest BCUT2D eigenvalue weighted by atomic mass is 9.93. The van der Waals surface area contributed by atoms with Crippen molar-refractivity contribution in [2.75, 3.05) is 0 Å². The number of Topliss-reactive ketones (excluding diaryl/α,β-unsaturated/α-hetero) is 1. The third-order valence-corrected chi connectivity index (χ3v) is 3.23. The highest BCUT2D eigenvalue weighted by molar-refractivity contribution is 9.10. The average Bonchev–Trinajstić information content (AvgIpc) is 2.12. The van der Waals surface area contributed by atoms with Crippen molar-refractivity contribution in [1.82, 2.24) is 0 Å². The molecule has 1 aromatic carbocycles. The van der Waals surface area contributed by atoms with E-state index in [1.807, 2.05) is 0 Å². The zero-order valence-electron chi connectivity index (χ0n) is 8.73. The molecule has 1 aliphatic rings. The molecule has 0 saturated carbocycles. The van der Waals surface area contributed by atoms with Gasteiger partial charge in [-0.1, -0.05) is 11.6 Å². The monoisotopic (exact) mass is 306 g/mol. The number of halogens is 3. The van der Waals surface area contributed by atoms with Crippen molar-refractivity contribution in [3.63, 3.8) is 0 Å². The van der Waals surface area contributed by atoms with E-state index in [1.165, 1.54) is 6.07 Å². The summed E-state index contributed by atoms with van der Waals surface area (Å²) in [5, 5.41) is -0.0812. The van der Waals surface area contributed by atoms with Gasteiger partial charge >= 0.3 is 0 Å². The SMILES string of the molecule is CC1(C)CC(=O)c2c(F)c(Cl)cc(Br)c2O1. The van der Waals surface area contributed by atoms with Gasteiger partial charge in [-0.05, 0) is 35.8 Å². The molecular weight excluding hydrogens is 298 g/mol. The predicted molar refractivity (Wildman–Crippen MR) is 62.8 cm³/mol. The summed E-state index contributed by atoms with van der Waals surface area (Å²) in [5.74, 6) is -0.754. The number of benzene rings is 1. The van der Waals surface area contributed by atoms with Gasteiger partial charge in [-0.2, -0.15) is 0 Å². The summed E-state index contributed by atoms with van der Waals surface area (Å²) in [6.07, 6.45) is 0.143. The molecule has 0 aliphatic carbocycles. The zero-order valence-corrected chi connectivity index (χ0v) is 11.1. The molecule has 0 saturated heterocycles. The highest BCUT2D eigenvalue weighted by atomic mass is 79.9. The van der Waals surface area contributed by atoms with Gasteiger partial charge in [0.25, 0.3) is 0 Å². The predicted octanol–water partition coefficient (Wildman–Crippen LogP) is 3.99. The van der Waals surface area contributed by atoms with E-state index in [0.29, 0.717) is 4.47 Å². The van der Waals surface area contributed by atoms with Crippen molar-refractivity contribution < 1.29 is 13.9 Å². The molecule has 1 aliphatic heterocycles. The molecule has 0 bridgehead atoms. The molecular formula is C11H9BrClFO2. The van der Waals surface area contributed by atoms with Gasteiger partial charge in [0, 0.05) is 0 Å². The fourth-order valence-corrected chi connectivity index (χ4v) is 2.56. The molecule has 0 fully saturated rings. The average molecular weight is 308 g/mol. The summed E-state index contributed by atoms with van der Waals surface area (Å²) in [6, 6.07) is 1.39. The minimum absolute atomic E-state index is 0.0568. The highest BCUT2D eigenvalue weighted by Crippen LogP contribution is 2.42. The van der Waals surface area contributed by atoms with Crippen molar-refractivity contribution in [2.45, 2.75) is 25.9 Å². The van der Waals surface area contributed by atoms with Gasteiger partial charge in [-0.15, -0.1) is 0 Å². The van der Waals surface area contributed by atoms with E-state index in [9.17, 15) is 9.18 Å². The van der Waals surface area contributed by atoms with Crippen LogP contribution in [0.25, 0.3) is 0 Å². The normalized spacial score (nSPS) is 17.9. The third kappa shape index (κ3) is 1.84. The van der Waals surface area contributed by atoms with Crippen LogP contribution in [0, 0.1) is 5.82 Å². The maximum Gasteiger partial charge on any atom is 0.173 e. The van der Waals surface area contributed by atoms with Gasteiger partial charge in [0.1, 0.15) is 11.4 Å². The van der Waals surface area contributed by atoms with Crippen LogP contribution >= 0.6 is 27.5 Å². The first-order valence-electron chi connectivity index (χ1n) is 4.71. The molecule has 1 aromatic rings. The Balaban J connectivity index is 2.69. The third-order valence-electron chi connectivity index (χ3n) is 2.37. The first kappa shape index (κ1) is 11.9. The molecule has 16 heavy (non-hydrogen) atoms. The van der Waals surface area contributed by atoms with Crippen molar-refractivity contribution >= 4 is 33.3 Å². The summed E-state index contributed by atoms with van der Waals surface area (Å²) in [7, 11) is 0. The number of rotatable bonds is 0. The fourth-order valence-electron chi connectivity index (χ4n) is 1.71. The number of ether oxygens (including phenoxy) is 1. The Hall–Kier alpha value is -0.610. The van der Waals surface area contributed by atoms with Crippen LogP contribution in [0.3, 0.4) is 0 Å². The lowest BCUT2D eigenvalue weighted by Gasteiger charge is -2.32. The molecule has 5 heteroatoms. The van der Waals surface area contributed by atoms with E-state index in [1.54, 1.807) is 13.8 Å². The standard InChI is InChI=1S/C11H9BrClFO2/c1-11(2)4-7(15)8-9(14)6(13)3-5(12)10(8)16-11/h3H,4H2,1-2H3. The maximum absolute atomic E-state index is 13.7. The maximum atomic E-state index is 13.7. The lowest BCUT2D eigenvalue weighted by Crippen LogP contribution is -2.36. The Morgan fingerprint density at radius 2 is 2.19 bits per heavy atom. The smallest absolute Gasteiger partial charge is 0.173 e. The van der Waals surface area contributed by atoms with Crippen molar-refractivity contribution in [3.8, 4) is 5.75 Å². The molecule has 0 aromatic heterocycles. The topological polar surface area (TPSA) is 26.3 Å². The van der Waals surface area contributed by atoms with Crippen LogP contribution in [0.2, 0.25) is 5.02 Å². The molecule has 0 radical (unpaired) electrons. The van der Waals surface area contributed by atoms with Gasteiger partial charge in [-0.25, -0.2) is 4.39 Å². The zero-order chi connectivity index (χ0) is 12.1. The van der Waals surface area contributed by atoms with Gasteiger partial charge < -0.3 is 4.74 Å².